The van der Waals surface area contributed by atoms with Crippen LogP contribution in [-0.4, -0.2) is 61.0 Å². The van der Waals surface area contributed by atoms with Gasteiger partial charge in [-0.15, -0.1) is 0 Å². The van der Waals surface area contributed by atoms with Gasteiger partial charge in [-0.2, -0.15) is 0 Å². The maximum absolute atomic E-state index is 13.0. The molecular formula is C35H69N3O. The van der Waals surface area contributed by atoms with Gasteiger partial charge in [0.15, 0.2) is 0 Å². The van der Waals surface area contributed by atoms with Crippen LogP contribution in [0.5, 0.6) is 0 Å². The van der Waals surface area contributed by atoms with Crippen LogP contribution in [0.15, 0.2) is 0 Å². The summed E-state index contributed by atoms with van der Waals surface area (Å²) in [6.45, 7) is 15.6. The average Bonchev–Trinajstić information content (AvgIpc) is 2.92. The molecule has 1 unspecified atom stereocenters. The first-order valence-electron chi connectivity index (χ1n) is 17.8. The molecule has 2 fully saturated rings. The van der Waals surface area contributed by atoms with Gasteiger partial charge in [-0.25, -0.2) is 0 Å². The van der Waals surface area contributed by atoms with Gasteiger partial charge < -0.3 is 15.1 Å². The maximum Gasteiger partial charge on any atom is 0.236 e. The highest BCUT2D eigenvalue weighted by Crippen LogP contribution is 2.40. The fourth-order valence-electron chi connectivity index (χ4n) is 7.03. The van der Waals surface area contributed by atoms with E-state index in [0.29, 0.717) is 23.9 Å². The highest BCUT2D eigenvalue weighted by atomic mass is 16.2. The summed E-state index contributed by atoms with van der Waals surface area (Å²) in [7, 11) is 0. The van der Waals surface area contributed by atoms with Crippen molar-refractivity contribution >= 4 is 5.91 Å². The van der Waals surface area contributed by atoms with Crippen LogP contribution in [0.1, 0.15) is 163 Å². The summed E-state index contributed by atoms with van der Waals surface area (Å²) in [5, 5.41) is 3.66. The Kier molecular flexibility index (Phi) is 18.8. The Morgan fingerprint density at radius 2 is 1.13 bits per heavy atom. The minimum absolute atomic E-state index is 0.342. The van der Waals surface area contributed by atoms with Gasteiger partial charge in [-0.05, 0) is 57.5 Å². The van der Waals surface area contributed by atoms with Crippen molar-refractivity contribution in [3.05, 3.63) is 0 Å². The van der Waals surface area contributed by atoms with Crippen molar-refractivity contribution in [2.75, 3.05) is 39.3 Å². The van der Waals surface area contributed by atoms with E-state index in [9.17, 15) is 4.79 Å². The molecule has 2 aliphatic heterocycles. The molecule has 230 valence electrons. The molecule has 39 heavy (non-hydrogen) atoms. The number of carbonyl (C=O) groups excluding carboxylic acids is 1. The monoisotopic (exact) mass is 548 g/mol. The largest absolute Gasteiger partial charge is 0.340 e. The summed E-state index contributed by atoms with van der Waals surface area (Å²) in [6, 6.07) is 0.520. The lowest BCUT2D eigenvalue weighted by Crippen LogP contribution is -2.63. The Morgan fingerprint density at radius 1 is 0.667 bits per heavy atom. The van der Waals surface area contributed by atoms with E-state index in [1.54, 1.807) is 0 Å². The fraction of sp³-hybridized carbons (Fsp3) is 0.971. The number of hydrogen-bond acceptors (Lipinski definition) is 3. The first-order chi connectivity index (χ1) is 19.1. The lowest BCUT2D eigenvalue weighted by Gasteiger charge is -2.54. The summed E-state index contributed by atoms with van der Waals surface area (Å²) < 4.78 is 0. The predicted molar refractivity (Wildman–Crippen MR) is 170 cm³/mol. The molecule has 0 radical (unpaired) electrons. The molecule has 0 aromatic heterocycles. The third kappa shape index (κ3) is 14.2. The van der Waals surface area contributed by atoms with Crippen molar-refractivity contribution in [1.82, 2.24) is 15.1 Å². The first-order valence-corrected chi connectivity index (χ1v) is 17.8. The molecule has 0 aromatic rings. The second kappa shape index (κ2) is 21.1. The van der Waals surface area contributed by atoms with Crippen LogP contribution in [0.2, 0.25) is 0 Å². The van der Waals surface area contributed by atoms with E-state index >= 15 is 0 Å². The van der Waals surface area contributed by atoms with Crippen LogP contribution >= 0.6 is 0 Å². The van der Waals surface area contributed by atoms with Gasteiger partial charge in [0, 0.05) is 31.1 Å². The van der Waals surface area contributed by atoms with E-state index in [1.165, 1.54) is 154 Å². The zero-order valence-electron chi connectivity index (χ0n) is 27.0. The standard InChI is InChI=1S/C35H69N3O/c1-5-9-13-15-19-21-32(20-18-14-10-6-2)29-37-26-24-35(25-27-37)30-38(31-35)34(39)28-36-33(22-16-11-7-3)23-17-12-8-4/h32-33,36H,5-31H2,1-4H3. The topological polar surface area (TPSA) is 35.6 Å². The molecule has 0 saturated carbocycles. The highest BCUT2D eigenvalue weighted by molar-refractivity contribution is 5.79. The number of piperidine rings is 1. The molecule has 0 aliphatic carbocycles. The van der Waals surface area contributed by atoms with Gasteiger partial charge in [0.1, 0.15) is 0 Å². The van der Waals surface area contributed by atoms with Crippen LogP contribution in [0.25, 0.3) is 0 Å². The van der Waals surface area contributed by atoms with Crippen molar-refractivity contribution < 1.29 is 4.79 Å². The van der Waals surface area contributed by atoms with E-state index in [0.717, 1.165) is 19.0 Å². The molecule has 4 heteroatoms. The van der Waals surface area contributed by atoms with E-state index in [1.807, 2.05) is 0 Å². The molecule has 0 aromatic carbocycles. The van der Waals surface area contributed by atoms with Crippen molar-refractivity contribution in [2.45, 2.75) is 169 Å². The molecule has 1 amide bonds. The highest BCUT2D eigenvalue weighted by Gasteiger charge is 2.46. The molecule has 1 atom stereocenters. The normalized spacial score (nSPS) is 18.1. The minimum atomic E-state index is 0.342. The van der Waals surface area contributed by atoms with Crippen LogP contribution < -0.4 is 5.32 Å². The van der Waals surface area contributed by atoms with Crippen LogP contribution in [0, 0.1) is 11.3 Å². The molecular weight excluding hydrogens is 478 g/mol. The van der Waals surface area contributed by atoms with Gasteiger partial charge in [-0.1, -0.05) is 124 Å². The van der Waals surface area contributed by atoms with E-state index in [-0.39, 0.29) is 0 Å². The SMILES string of the molecule is CCCCCCCC(CCCCCC)CN1CCC2(CC1)CN(C(=O)CNC(CCCCC)CCCCC)C2. The molecule has 1 N–H and O–H groups in total. The molecule has 4 nitrogen and oxygen atoms in total. The van der Waals surface area contributed by atoms with E-state index in [4.69, 9.17) is 0 Å². The van der Waals surface area contributed by atoms with Gasteiger partial charge in [-0.3, -0.25) is 4.79 Å². The van der Waals surface area contributed by atoms with E-state index in [2.05, 4.69) is 42.8 Å². The summed E-state index contributed by atoms with van der Waals surface area (Å²) in [5.74, 6) is 1.24. The number of nitrogens with one attached hydrogen (secondary N) is 1. The van der Waals surface area contributed by atoms with Crippen molar-refractivity contribution in [2.24, 2.45) is 11.3 Å². The maximum atomic E-state index is 13.0. The first kappa shape index (κ1) is 34.6. The number of rotatable bonds is 24. The number of nitrogens with zero attached hydrogens (tertiary/aromatic N) is 2. The van der Waals surface area contributed by atoms with Gasteiger partial charge in [0.05, 0.1) is 6.54 Å². The number of amides is 1. The number of hydrogen-bond donors (Lipinski definition) is 1. The minimum Gasteiger partial charge on any atom is -0.340 e. The summed E-state index contributed by atoms with van der Waals surface area (Å²) in [5.41, 5.74) is 0.421. The Morgan fingerprint density at radius 3 is 1.67 bits per heavy atom. The lowest BCUT2D eigenvalue weighted by atomic mass is 9.71. The summed E-state index contributed by atoms with van der Waals surface area (Å²) >= 11 is 0. The average molecular weight is 548 g/mol. The smallest absolute Gasteiger partial charge is 0.236 e. The quantitative estimate of drug-likeness (QED) is 0.122. The third-order valence-corrected chi connectivity index (χ3v) is 9.87. The van der Waals surface area contributed by atoms with Crippen molar-refractivity contribution in [3.8, 4) is 0 Å². The molecule has 2 aliphatic rings. The Bertz CT molecular complexity index is 583. The fourth-order valence-corrected chi connectivity index (χ4v) is 7.03. The zero-order chi connectivity index (χ0) is 28.2. The molecule has 0 bridgehead atoms. The second-order valence-electron chi connectivity index (χ2n) is 13.5. The van der Waals surface area contributed by atoms with Gasteiger partial charge >= 0.3 is 0 Å². The molecule has 2 heterocycles. The Balaban J connectivity index is 1.69. The van der Waals surface area contributed by atoms with E-state index < -0.39 is 0 Å². The summed E-state index contributed by atoms with van der Waals surface area (Å²) in [6.07, 6.45) is 28.3. The Hall–Kier alpha value is -0.610. The molecule has 2 saturated heterocycles. The molecule has 2 rings (SSSR count). The van der Waals surface area contributed by atoms with Crippen LogP contribution in [-0.2, 0) is 4.79 Å². The van der Waals surface area contributed by atoms with Crippen molar-refractivity contribution in [3.63, 3.8) is 0 Å². The lowest BCUT2D eigenvalue weighted by molar-refractivity contribution is -0.146. The van der Waals surface area contributed by atoms with Crippen molar-refractivity contribution in [1.29, 1.82) is 0 Å². The zero-order valence-corrected chi connectivity index (χ0v) is 27.0. The predicted octanol–water partition coefficient (Wildman–Crippen LogP) is 8.98. The van der Waals surface area contributed by atoms with Crippen LogP contribution in [0.3, 0.4) is 0 Å². The van der Waals surface area contributed by atoms with Gasteiger partial charge in [0.2, 0.25) is 5.91 Å². The molecule has 1 spiro atoms. The summed E-state index contributed by atoms with van der Waals surface area (Å²) in [4.78, 5) is 17.9. The number of likely N-dealkylation sites (tertiary alicyclic amines) is 2. The second-order valence-corrected chi connectivity index (χ2v) is 13.5. The third-order valence-electron chi connectivity index (χ3n) is 9.87. The number of carbonyl (C=O) groups is 1. The number of unbranched alkanes of at least 4 members (excludes halogenated alkanes) is 11. The van der Waals surface area contributed by atoms with Crippen LogP contribution in [0.4, 0.5) is 0 Å². The Labute approximate surface area is 244 Å². The van der Waals surface area contributed by atoms with Gasteiger partial charge in [0.25, 0.3) is 0 Å².